The van der Waals surface area contributed by atoms with Gasteiger partial charge in [0, 0.05) is 13.1 Å². The molecule has 0 aromatic carbocycles. The number of anilines is 1. The minimum Gasteiger partial charge on any atom is -0.368 e. The summed E-state index contributed by atoms with van der Waals surface area (Å²) in [5.74, 6) is 0.691. The quantitative estimate of drug-likeness (QED) is 0.757. The van der Waals surface area contributed by atoms with E-state index in [1.807, 2.05) is 4.90 Å². The summed E-state index contributed by atoms with van der Waals surface area (Å²) in [6.07, 6.45) is 3.56. The number of nitrogens with zero attached hydrogens (tertiary/aromatic N) is 4. The van der Waals surface area contributed by atoms with Crippen molar-refractivity contribution in [3.05, 3.63) is 6.33 Å². The van der Waals surface area contributed by atoms with Crippen LogP contribution in [0.3, 0.4) is 0 Å². The molecule has 0 unspecified atom stereocenters. The summed E-state index contributed by atoms with van der Waals surface area (Å²) in [6, 6.07) is 0. The van der Waals surface area contributed by atoms with Crippen LogP contribution in [0.5, 0.6) is 0 Å². The summed E-state index contributed by atoms with van der Waals surface area (Å²) < 4.78 is 0. The van der Waals surface area contributed by atoms with Crippen LogP contribution in [0.15, 0.2) is 11.5 Å². The van der Waals surface area contributed by atoms with Crippen LogP contribution < -0.4 is 5.73 Å². The van der Waals surface area contributed by atoms with Gasteiger partial charge in [-0.2, -0.15) is 4.98 Å². The van der Waals surface area contributed by atoms with E-state index in [-0.39, 0.29) is 11.9 Å². The zero-order valence-electron chi connectivity index (χ0n) is 8.80. The average Bonchev–Trinajstić information content (AvgIpc) is 2.79. The Balaban J connectivity index is 1.84. The fourth-order valence-electron chi connectivity index (χ4n) is 1.55. The maximum atomic E-state index is 11.7. The maximum Gasteiger partial charge on any atom is 0.233 e. The molecule has 0 spiro atoms. The molecule has 0 atom stereocenters. The van der Waals surface area contributed by atoms with Crippen molar-refractivity contribution in [1.82, 2.24) is 19.9 Å². The van der Waals surface area contributed by atoms with Crippen molar-refractivity contribution in [2.45, 2.75) is 18.0 Å². The number of hydrogen-bond donors (Lipinski definition) is 1. The first kappa shape index (κ1) is 11.1. The summed E-state index contributed by atoms with van der Waals surface area (Å²) >= 11 is 1.30. The van der Waals surface area contributed by atoms with E-state index in [1.165, 1.54) is 18.1 Å². The lowest BCUT2D eigenvalue weighted by Gasteiger charge is -2.14. The van der Waals surface area contributed by atoms with Gasteiger partial charge in [0.15, 0.2) is 5.16 Å². The predicted molar refractivity (Wildman–Crippen MR) is 60.8 cm³/mol. The second-order valence-corrected chi connectivity index (χ2v) is 4.45. The summed E-state index contributed by atoms with van der Waals surface area (Å²) in [4.78, 5) is 25.1. The number of likely N-dealkylation sites (tertiary alicyclic amines) is 1. The van der Waals surface area contributed by atoms with Gasteiger partial charge in [-0.3, -0.25) is 4.79 Å². The molecule has 1 fully saturated rings. The Kier molecular flexibility index (Phi) is 3.55. The Morgan fingerprint density at radius 1 is 1.44 bits per heavy atom. The van der Waals surface area contributed by atoms with E-state index in [2.05, 4.69) is 15.0 Å². The molecule has 16 heavy (non-hydrogen) atoms. The smallest absolute Gasteiger partial charge is 0.233 e. The van der Waals surface area contributed by atoms with Crippen molar-refractivity contribution >= 4 is 23.6 Å². The Hall–Kier alpha value is -1.37. The summed E-state index contributed by atoms with van der Waals surface area (Å²) in [5, 5.41) is 0.500. The van der Waals surface area contributed by atoms with E-state index in [1.54, 1.807) is 0 Å². The molecule has 1 saturated heterocycles. The summed E-state index contributed by atoms with van der Waals surface area (Å²) in [7, 11) is 0. The Morgan fingerprint density at radius 3 is 2.88 bits per heavy atom. The SMILES string of the molecule is Nc1ncnc(SCC(=O)N2CCCC2)n1. The molecule has 1 aromatic heterocycles. The highest BCUT2D eigenvalue weighted by atomic mass is 32.2. The van der Waals surface area contributed by atoms with Crippen LogP contribution in [0.4, 0.5) is 5.95 Å². The van der Waals surface area contributed by atoms with E-state index in [4.69, 9.17) is 5.73 Å². The van der Waals surface area contributed by atoms with Gasteiger partial charge in [-0.1, -0.05) is 11.8 Å². The highest BCUT2D eigenvalue weighted by Gasteiger charge is 2.18. The topological polar surface area (TPSA) is 85.0 Å². The third kappa shape index (κ3) is 2.82. The van der Waals surface area contributed by atoms with Crippen LogP contribution in [0, 0.1) is 0 Å². The molecule has 86 valence electrons. The van der Waals surface area contributed by atoms with Gasteiger partial charge in [0.1, 0.15) is 6.33 Å². The average molecular weight is 239 g/mol. The number of nitrogen functional groups attached to an aromatic ring is 1. The lowest BCUT2D eigenvalue weighted by atomic mass is 10.4. The molecule has 1 aliphatic rings. The van der Waals surface area contributed by atoms with Crippen molar-refractivity contribution in [3.8, 4) is 0 Å². The molecule has 2 rings (SSSR count). The lowest BCUT2D eigenvalue weighted by Crippen LogP contribution is -2.29. The van der Waals surface area contributed by atoms with E-state index >= 15 is 0 Å². The van der Waals surface area contributed by atoms with Crippen LogP contribution >= 0.6 is 11.8 Å². The minimum atomic E-state index is 0.140. The highest BCUT2D eigenvalue weighted by Crippen LogP contribution is 2.15. The van der Waals surface area contributed by atoms with E-state index < -0.39 is 0 Å². The zero-order valence-corrected chi connectivity index (χ0v) is 9.61. The number of rotatable bonds is 3. The molecular weight excluding hydrogens is 226 g/mol. The lowest BCUT2D eigenvalue weighted by molar-refractivity contribution is -0.127. The van der Waals surface area contributed by atoms with Gasteiger partial charge in [0.25, 0.3) is 0 Å². The van der Waals surface area contributed by atoms with Gasteiger partial charge in [-0.25, -0.2) is 9.97 Å². The maximum absolute atomic E-state index is 11.7. The van der Waals surface area contributed by atoms with Gasteiger partial charge in [-0.05, 0) is 12.8 Å². The van der Waals surface area contributed by atoms with Crippen LogP contribution in [0.25, 0.3) is 0 Å². The molecule has 0 saturated carbocycles. The van der Waals surface area contributed by atoms with Crippen LogP contribution in [0.1, 0.15) is 12.8 Å². The third-order valence-electron chi connectivity index (χ3n) is 2.35. The number of amides is 1. The third-order valence-corrected chi connectivity index (χ3v) is 3.20. The number of carbonyl (C=O) groups is 1. The highest BCUT2D eigenvalue weighted by molar-refractivity contribution is 7.99. The number of nitrogens with two attached hydrogens (primary N) is 1. The van der Waals surface area contributed by atoms with Crippen LogP contribution in [0.2, 0.25) is 0 Å². The van der Waals surface area contributed by atoms with Gasteiger partial charge >= 0.3 is 0 Å². The van der Waals surface area contributed by atoms with E-state index in [0.717, 1.165) is 25.9 Å². The first-order valence-electron chi connectivity index (χ1n) is 5.11. The molecule has 2 heterocycles. The summed E-state index contributed by atoms with van der Waals surface area (Å²) in [6.45, 7) is 1.75. The van der Waals surface area contributed by atoms with Gasteiger partial charge in [-0.15, -0.1) is 0 Å². The van der Waals surface area contributed by atoms with Crippen molar-refractivity contribution in [3.63, 3.8) is 0 Å². The summed E-state index contributed by atoms with van der Waals surface area (Å²) in [5.41, 5.74) is 5.42. The molecule has 0 bridgehead atoms. The second-order valence-electron chi connectivity index (χ2n) is 3.50. The minimum absolute atomic E-state index is 0.140. The fourth-order valence-corrected chi connectivity index (χ4v) is 2.26. The Labute approximate surface area is 97.7 Å². The van der Waals surface area contributed by atoms with E-state index in [0.29, 0.717) is 10.9 Å². The molecule has 1 aromatic rings. The van der Waals surface area contributed by atoms with E-state index in [9.17, 15) is 4.79 Å². The van der Waals surface area contributed by atoms with Gasteiger partial charge < -0.3 is 10.6 Å². The second kappa shape index (κ2) is 5.11. The molecule has 1 amide bonds. The molecular formula is C9H13N5OS. The number of carbonyl (C=O) groups excluding carboxylic acids is 1. The largest absolute Gasteiger partial charge is 0.368 e. The van der Waals surface area contributed by atoms with Crippen LogP contribution in [-0.4, -0.2) is 44.6 Å². The van der Waals surface area contributed by atoms with Gasteiger partial charge in [0.2, 0.25) is 11.9 Å². The van der Waals surface area contributed by atoms with Crippen molar-refractivity contribution in [2.75, 3.05) is 24.6 Å². The number of hydrogen-bond acceptors (Lipinski definition) is 6. The number of aromatic nitrogens is 3. The van der Waals surface area contributed by atoms with Crippen molar-refractivity contribution in [2.24, 2.45) is 0 Å². The predicted octanol–water partition coefficient (Wildman–Crippen LogP) is 0.168. The molecule has 6 nitrogen and oxygen atoms in total. The monoisotopic (exact) mass is 239 g/mol. The zero-order chi connectivity index (χ0) is 11.4. The first-order chi connectivity index (χ1) is 7.75. The molecule has 2 N–H and O–H groups in total. The molecule has 0 aliphatic carbocycles. The van der Waals surface area contributed by atoms with Gasteiger partial charge in [0.05, 0.1) is 5.75 Å². The normalized spacial score (nSPS) is 15.4. The molecule has 1 aliphatic heterocycles. The van der Waals surface area contributed by atoms with Crippen molar-refractivity contribution < 1.29 is 4.79 Å². The van der Waals surface area contributed by atoms with Crippen molar-refractivity contribution in [1.29, 1.82) is 0 Å². The molecule has 7 heteroatoms. The van der Waals surface area contributed by atoms with Crippen LogP contribution in [-0.2, 0) is 4.79 Å². The first-order valence-corrected chi connectivity index (χ1v) is 6.09. The Bertz CT molecular complexity index is 380. The standard InChI is InChI=1S/C9H13N5OS/c10-8-11-6-12-9(13-8)16-5-7(15)14-3-1-2-4-14/h6H,1-5H2,(H2,10,11,12,13). The fraction of sp³-hybridized carbons (Fsp3) is 0.556. The Morgan fingerprint density at radius 2 is 2.19 bits per heavy atom. The molecule has 0 radical (unpaired) electrons. The number of thioether (sulfide) groups is 1.